The van der Waals surface area contributed by atoms with Crippen LogP contribution in [0, 0.1) is 5.92 Å². The lowest BCUT2D eigenvalue weighted by Gasteiger charge is -2.32. The number of benzene rings is 2. The van der Waals surface area contributed by atoms with Crippen molar-refractivity contribution >= 4 is 17.9 Å². The molecule has 0 radical (unpaired) electrons. The summed E-state index contributed by atoms with van der Waals surface area (Å²) in [5, 5.41) is 13.0. The van der Waals surface area contributed by atoms with E-state index < -0.39 is 29.6 Å². The molecule has 3 heterocycles. The van der Waals surface area contributed by atoms with Crippen molar-refractivity contribution in [2.75, 3.05) is 27.3 Å². The fraction of sp³-hybridized carbons (Fsp3) is 0.417. The molecule has 1 aliphatic carbocycles. The fourth-order valence-electron chi connectivity index (χ4n) is 6.44. The molecule has 3 amide bonds. The van der Waals surface area contributed by atoms with E-state index in [9.17, 15) is 19.5 Å². The maximum Gasteiger partial charge on any atom is 0.330 e. The van der Waals surface area contributed by atoms with Gasteiger partial charge in [0.2, 0.25) is 17.7 Å². The number of carboxylic acid groups (broad SMARTS) is 1. The molecule has 48 heavy (non-hydrogen) atoms. The standard InChI is InChI=1S/C36H41N5O7/c1-46-27-16-14-24(15-17-27)22-40-18-10-5-3-4-9-13-26-21-36(26,34(43)44)39-33(42)29-19-28(23-41(29)35(40)45)48-31-20-30(47-2)37-32(38-31)25-11-7-6-8-12-25/h6-9,11-17,20,26,28-29H,3-5,10,18-19,21-23H2,1-2H3,(H,39,42)(H,43,44)/b13-9+. The summed E-state index contributed by atoms with van der Waals surface area (Å²) >= 11 is 0. The number of aliphatic carboxylic acids is 1. The van der Waals surface area contributed by atoms with Gasteiger partial charge in [0.05, 0.1) is 26.8 Å². The number of urea groups is 1. The molecule has 252 valence electrons. The zero-order valence-corrected chi connectivity index (χ0v) is 27.2. The summed E-state index contributed by atoms with van der Waals surface area (Å²) in [6.07, 6.45) is 7.16. The largest absolute Gasteiger partial charge is 0.497 e. The minimum atomic E-state index is -1.39. The molecule has 4 atom stereocenters. The van der Waals surface area contributed by atoms with E-state index in [-0.39, 0.29) is 30.8 Å². The number of amides is 3. The molecule has 12 nitrogen and oxygen atoms in total. The number of rotatable bonds is 8. The van der Waals surface area contributed by atoms with Crippen molar-refractivity contribution in [3.05, 3.63) is 78.4 Å². The van der Waals surface area contributed by atoms with E-state index in [2.05, 4.69) is 15.3 Å². The Morgan fingerprint density at radius 1 is 1.00 bits per heavy atom. The minimum Gasteiger partial charge on any atom is -0.497 e. The number of nitrogens with one attached hydrogen (secondary N) is 1. The van der Waals surface area contributed by atoms with Crippen LogP contribution >= 0.6 is 0 Å². The summed E-state index contributed by atoms with van der Waals surface area (Å²) in [6, 6.07) is 17.3. The molecule has 6 rings (SSSR count). The quantitative estimate of drug-likeness (QED) is 0.330. The highest BCUT2D eigenvalue weighted by atomic mass is 16.5. The molecule has 0 spiro atoms. The third-order valence-corrected chi connectivity index (χ3v) is 9.23. The molecular weight excluding hydrogens is 614 g/mol. The number of hydrogen-bond acceptors (Lipinski definition) is 8. The summed E-state index contributed by atoms with van der Waals surface area (Å²) < 4.78 is 17.1. The van der Waals surface area contributed by atoms with E-state index in [4.69, 9.17) is 14.2 Å². The summed E-state index contributed by atoms with van der Waals surface area (Å²) in [7, 11) is 3.11. The normalized spacial score (nSPS) is 25.1. The van der Waals surface area contributed by atoms with Crippen LogP contribution in [0.5, 0.6) is 17.5 Å². The van der Waals surface area contributed by atoms with E-state index in [0.717, 1.165) is 36.8 Å². The number of methoxy groups -OCH3 is 2. The highest BCUT2D eigenvalue weighted by molar-refractivity contribution is 5.94. The van der Waals surface area contributed by atoms with E-state index in [0.29, 0.717) is 37.0 Å². The second kappa shape index (κ2) is 14.3. The summed E-state index contributed by atoms with van der Waals surface area (Å²) in [4.78, 5) is 53.1. The number of aromatic nitrogens is 2. The van der Waals surface area contributed by atoms with E-state index in [1.54, 1.807) is 18.1 Å². The van der Waals surface area contributed by atoms with E-state index in [1.807, 2.05) is 66.7 Å². The van der Waals surface area contributed by atoms with Crippen molar-refractivity contribution in [2.45, 2.75) is 62.8 Å². The predicted octanol–water partition coefficient (Wildman–Crippen LogP) is 4.69. The van der Waals surface area contributed by atoms with Crippen LogP contribution in [0.1, 0.15) is 44.1 Å². The molecular formula is C36H41N5O7. The first kappa shape index (κ1) is 32.8. The van der Waals surface area contributed by atoms with Crippen LogP contribution in [-0.4, -0.2) is 87.8 Å². The SMILES string of the molecule is COc1ccc(CN2CCCCC/C=C/C3CC3(C(=O)O)NC(=O)C3CC(Oc4cc(OC)nc(-c5ccccc5)n4)CN3C2=O)cc1. The third kappa shape index (κ3) is 7.22. The highest BCUT2D eigenvalue weighted by Crippen LogP contribution is 2.45. The molecule has 2 fully saturated rings. The number of carbonyl (C=O) groups is 3. The number of allylic oxidation sites excluding steroid dienone is 1. The maximum atomic E-state index is 14.4. The van der Waals surface area contributed by atoms with Crippen molar-refractivity contribution in [1.82, 2.24) is 25.1 Å². The van der Waals surface area contributed by atoms with Gasteiger partial charge in [0, 0.05) is 31.0 Å². The van der Waals surface area contributed by atoms with Gasteiger partial charge < -0.3 is 34.4 Å². The maximum absolute atomic E-state index is 14.4. The van der Waals surface area contributed by atoms with Crippen molar-refractivity contribution < 1.29 is 33.7 Å². The van der Waals surface area contributed by atoms with Crippen LogP contribution in [0.25, 0.3) is 11.4 Å². The van der Waals surface area contributed by atoms with Crippen molar-refractivity contribution in [3.63, 3.8) is 0 Å². The Bertz CT molecular complexity index is 1650. The summed E-state index contributed by atoms with van der Waals surface area (Å²) in [5.74, 6) is -0.229. The van der Waals surface area contributed by atoms with Crippen LogP contribution in [0.3, 0.4) is 0 Å². The van der Waals surface area contributed by atoms with Gasteiger partial charge in [-0.1, -0.05) is 61.0 Å². The van der Waals surface area contributed by atoms with Crippen LogP contribution in [0.2, 0.25) is 0 Å². The lowest BCUT2D eigenvalue weighted by atomic mass is 10.1. The van der Waals surface area contributed by atoms with Gasteiger partial charge in [-0.15, -0.1) is 0 Å². The second-order valence-electron chi connectivity index (χ2n) is 12.5. The first-order valence-electron chi connectivity index (χ1n) is 16.4. The molecule has 12 heteroatoms. The lowest BCUT2D eigenvalue weighted by Crippen LogP contribution is -2.55. The number of carbonyl (C=O) groups excluding carboxylic acids is 2. The highest BCUT2D eigenvalue weighted by Gasteiger charge is 2.61. The first-order valence-corrected chi connectivity index (χ1v) is 16.4. The lowest BCUT2D eigenvalue weighted by molar-refractivity contribution is -0.144. The molecule has 1 saturated heterocycles. The molecule has 1 saturated carbocycles. The summed E-state index contributed by atoms with van der Waals surface area (Å²) in [6.45, 7) is 0.937. The van der Waals surface area contributed by atoms with Gasteiger partial charge >= 0.3 is 12.0 Å². The third-order valence-electron chi connectivity index (χ3n) is 9.23. The monoisotopic (exact) mass is 655 g/mol. The number of ether oxygens (including phenoxy) is 3. The van der Waals surface area contributed by atoms with Gasteiger partial charge in [-0.05, 0) is 43.4 Å². The topological polar surface area (TPSA) is 143 Å². The van der Waals surface area contributed by atoms with Crippen molar-refractivity contribution in [2.24, 2.45) is 5.92 Å². The van der Waals surface area contributed by atoms with Crippen molar-refractivity contribution in [1.29, 1.82) is 0 Å². The second-order valence-corrected chi connectivity index (χ2v) is 12.5. The molecule has 0 bridgehead atoms. The van der Waals surface area contributed by atoms with Crippen LogP contribution < -0.4 is 19.5 Å². The van der Waals surface area contributed by atoms with Gasteiger partial charge in [-0.3, -0.25) is 4.79 Å². The Morgan fingerprint density at radius 2 is 1.77 bits per heavy atom. The first-order chi connectivity index (χ1) is 23.3. The Morgan fingerprint density at radius 3 is 2.50 bits per heavy atom. The van der Waals surface area contributed by atoms with Crippen LogP contribution in [-0.2, 0) is 16.1 Å². The predicted molar refractivity (Wildman–Crippen MR) is 177 cm³/mol. The average molecular weight is 656 g/mol. The zero-order chi connectivity index (χ0) is 33.7. The number of carboxylic acids is 1. The van der Waals surface area contributed by atoms with Gasteiger partial charge in [-0.2, -0.15) is 9.97 Å². The zero-order valence-electron chi connectivity index (χ0n) is 27.2. The molecule has 3 aliphatic rings. The summed E-state index contributed by atoms with van der Waals surface area (Å²) in [5.41, 5.74) is 0.302. The molecule has 2 aliphatic heterocycles. The van der Waals surface area contributed by atoms with E-state index >= 15 is 0 Å². The van der Waals surface area contributed by atoms with Crippen LogP contribution in [0.4, 0.5) is 4.79 Å². The number of fused-ring (bicyclic) bond motifs is 2. The smallest absolute Gasteiger partial charge is 0.330 e. The molecule has 2 aromatic carbocycles. The molecule has 3 aromatic rings. The fourth-order valence-corrected chi connectivity index (χ4v) is 6.44. The Labute approximate surface area is 279 Å². The molecule has 1 aromatic heterocycles. The van der Waals surface area contributed by atoms with Crippen molar-refractivity contribution in [3.8, 4) is 28.9 Å². The molecule has 4 unspecified atom stereocenters. The Kier molecular flexibility index (Phi) is 9.79. The minimum absolute atomic E-state index is 0.104. The van der Waals surface area contributed by atoms with Gasteiger partial charge in [0.15, 0.2) is 5.82 Å². The number of hydrogen-bond donors (Lipinski definition) is 2. The van der Waals surface area contributed by atoms with Gasteiger partial charge in [0.25, 0.3) is 0 Å². The Hall–Kier alpha value is -5.13. The van der Waals surface area contributed by atoms with Crippen LogP contribution in [0.15, 0.2) is 72.8 Å². The van der Waals surface area contributed by atoms with Gasteiger partial charge in [0.1, 0.15) is 23.4 Å². The van der Waals surface area contributed by atoms with E-state index in [1.165, 1.54) is 12.0 Å². The van der Waals surface area contributed by atoms with Gasteiger partial charge in [-0.25, -0.2) is 9.59 Å². The Balaban J connectivity index is 1.30. The average Bonchev–Trinajstić information content (AvgIpc) is 3.64. The molecule has 2 N–H and O–H groups in total. The number of nitrogens with zero attached hydrogens (tertiary/aromatic N) is 4.